The number of nitrogens with one attached hydrogen (secondary N) is 2. The Balaban J connectivity index is 1.45. The van der Waals surface area contributed by atoms with Crippen molar-refractivity contribution in [3.63, 3.8) is 0 Å². The minimum absolute atomic E-state index is 0.357. The van der Waals surface area contributed by atoms with Crippen molar-refractivity contribution < 1.29 is 13.9 Å². The van der Waals surface area contributed by atoms with E-state index in [9.17, 15) is 0 Å². The molecular weight excluding hydrogens is 344 g/mol. The summed E-state index contributed by atoms with van der Waals surface area (Å²) in [4.78, 5) is 7.31. The van der Waals surface area contributed by atoms with E-state index in [0.717, 1.165) is 83.7 Å². The second-order valence-electron chi connectivity index (χ2n) is 7.54. The molecule has 2 N–H and O–H groups in total. The molecule has 0 aromatic carbocycles. The molecule has 1 aromatic heterocycles. The van der Waals surface area contributed by atoms with Gasteiger partial charge >= 0.3 is 0 Å². The highest BCUT2D eigenvalue weighted by atomic mass is 16.5. The Kier molecular flexibility index (Phi) is 7.98. The SMILES string of the molecule is COCCC1(CN=C(NCCc2ccco2)NCCN2CCOCC2)CC1. The average molecular weight is 379 g/mol. The molecule has 7 heteroatoms. The van der Waals surface area contributed by atoms with Crippen LogP contribution in [0.3, 0.4) is 0 Å². The molecule has 0 amide bonds. The number of morpholine rings is 1. The minimum atomic E-state index is 0.357. The molecule has 1 aliphatic carbocycles. The topological polar surface area (TPSA) is 71.3 Å². The number of nitrogens with zero attached hydrogens (tertiary/aromatic N) is 2. The Hall–Kier alpha value is -1.57. The lowest BCUT2D eigenvalue weighted by molar-refractivity contribution is 0.0389. The number of aliphatic imine (C=N–C) groups is 1. The van der Waals surface area contributed by atoms with Gasteiger partial charge in [-0.2, -0.15) is 0 Å². The first-order valence-corrected chi connectivity index (χ1v) is 10.1. The Labute approximate surface area is 162 Å². The van der Waals surface area contributed by atoms with Crippen molar-refractivity contribution in [3.8, 4) is 0 Å². The predicted octanol–water partition coefficient (Wildman–Crippen LogP) is 1.51. The van der Waals surface area contributed by atoms with Gasteiger partial charge in [-0.05, 0) is 36.8 Å². The number of methoxy groups -OCH3 is 1. The zero-order valence-corrected chi connectivity index (χ0v) is 16.5. The molecule has 0 unspecified atom stereocenters. The van der Waals surface area contributed by atoms with E-state index < -0.39 is 0 Å². The zero-order valence-electron chi connectivity index (χ0n) is 16.5. The average Bonchev–Trinajstić information content (AvgIpc) is 3.28. The van der Waals surface area contributed by atoms with Gasteiger partial charge in [-0.25, -0.2) is 0 Å². The van der Waals surface area contributed by atoms with E-state index in [1.807, 2.05) is 12.1 Å². The molecule has 27 heavy (non-hydrogen) atoms. The van der Waals surface area contributed by atoms with Crippen LogP contribution < -0.4 is 10.6 Å². The number of furan rings is 1. The Morgan fingerprint density at radius 1 is 1.26 bits per heavy atom. The molecule has 3 rings (SSSR count). The van der Waals surface area contributed by atoms with Crippen molar-refractivity contribution in [1.29, 1.82) is 0 Å². The summed E-state index contributed by atoms with van der Waals surface area (Å²) in [5.41, 5.74) is 0.357. The summed E-state index contributed by atoms with van der Waals surface area (Å²) in [6.07, 6.45) is 6.19. The first-order valence-electron chi connectivity index (χ1n) is 10.1. The zero-order chi connectivity index (χ0) is 18.8. The summed E-state index contributed by atoms with van der Waals surface area (Å²) in [5, 5.41) is 6.95. The van der Waals surface area contributed by atoms with E-state index in [0.29, 0.717) is 5.41 Å². The number of hydrogen-bond acceptors (Lipinski definition) is 5. The summed E-state index contributed by atoms with van der Waals surface area (Å²) < 4.78 is 16.1. The van der Waals surface area contributed by atoms with Gasteiger partial charge in [0.2, 0.25) is 0 Å². The standard InChI is InChI=1S/C20H34N4O3/c1-25-14-7-20(5-6-20)17-23-19(21-8-4-18-3-2-13-27-18)22-9-10-24-11-15-26-16-12-24/h2-3,13H,4-12,14-17H2,1H3,(H2,21,22,23). The van der Waals surface area contributed by atoms with E-state index in [2.05, 4.69) is 15.5 Å². The molecule has 0 radical (unpaired) electrons. The fraction of sp³-hybridized carbons (Fsp3) is 0.750. The molecule has 0 atom stereocenters. The number of rotatable bonds is 11. The number of guanidine groups is 1. The first kappa shape index (κ1) is 20.2. The first-order chi connectivity index (χ1) is 13.3. The Bertz CT molecular complexity index is 552. The lowest BCUT2D eigenvalue weighted by Crippen LogP contribution is -2.45. The van der Waals surface area contributed by atoms with Crippen LogP contribution >= 0.6 is 0 Å². The Morgan fingerprint density at radius 2 is 2.07 bits per heavy atom. The largest absolute Gasteiger partial charge is 0.469 e. The third kappa shape index (κ3) is 7.16. The van der Waals surface area contributed by atoms with Gasteiger partial charge in [0.25, 0.3) is 0 Å². The maximum absolute atomic E-state index is 5.41. The van der Waals surface area contributed by atoms with Crippen molar-refractivity contribution >= 4 is 5.96 Å². The van der Waals surface area contributed by atoms with Gasteiger partial charge < -0.3 is 24.5 Å². The molecule has 0 spiro atoms. The highest BCUT2D eigenvalue weighted by Crippen LogP contribution is 2.48. The smallest absolute Gasteiger partial charge is 0.191 e. The number of ether oxygens (including phenoxy) is 2. The maximum Gasteiger partial charge on any atom is 0.191 e. The summed E-state index contributed by atoms with van der Waals surface area (Å²) in [6.45, 7) is 8.09. The highest BCUT2D eigenvalue weighted by Gasteiger charge is 2.41. The molecule has 2 aliphatic rings. The van der Waals surface area contributed by atoms with Gasteiger partial charge in [-0.15, -0.1) is 0 Å². The summed E-state index contributed by atoms with van der Waals surface area (Å²) in [7, 11) is 1.77. The van der Waals surface area contributed by atoms with Gasteiger partial charge in [-0.1, -0.05) is 0 Å². The minimum Gasteiger partial charge on any atom is -0.469 e. The van der Waals surface area contributed by atoms with Crippen molar-refractivity contribution in [2.45, 2.75) is 25.7 Å². The van der Waals surface area contributed by atoms with Crippen molar-refractivity contribution in [2.24, 2.45) is 10.4 Å². The van der Waals surface area contributed by atoms with Gasteiger partial charge in [0.05, 0.1) is 19.5 Å². The summed E-state index contributed by atoms with van der Waals surface area (Å²) in [6, 6.07) is 3.94. The molecule has 152 valence electrons. The van der Waals surface area contributed by atoms with Crippen LogP contribution in [-0.2, 0) is 15.9 Å². The van der Waals surface area contributed by atoms with Crippen LogP contribution in [0.2, 0.25) is 0 Å². The van der Waals surface area contributed by atoms with E-state index in [4.69, 9.17) is 18.9 Å². The monoisotopic (exact) mass is 378 g/mol. The van der Waals surface area contributed by atoms with Crippen LogP contribution in [0.5, 0.6) is 0 Å². The van der Waals surface area contributed by atoms with E-state index >= 15 is 0 Å². The van der Waals surface area contributed by atoms with Crippen LogP contribution in [-0.4, -0.2) is 77.1 Å². The molecule has 2 fully saturated rings. The second-order valence-corrected chi connectivity index (χ2v) is 7.54. The summed E-state index contributed by atoms with van der Waals surface area (Å²) in [5.74, 6) is 1.90. The predicted molar refractivity (Wildman–Crippen MR) is 106 cm³/mol. The molecule has 7 nitrogen and oxygen atoms in total. The molecular formula is C20H34N4O3. The Morgan fingerprint density at radius 3 is 2.78 bits per heavy atom. The van der Waals surface area contributed by atoms with Gasteiger partial charge in [0.15, 0.2) is 5.96 Å². The van der Waals surface area contributed by atoms with E-state index in [-0.39, 0.29) is 0 Å². The maximum atomic E-state index is 5.41. The molecule has 1 saturated heterocycles. The van der Waals surface area contributed by atoms with Crippen LogP contribution in [0, 0.1) is 5.41 Å². The number of hydrogen-bond donors (Lipinski definition) is 2. The second kappa shape index (κ2) is 10.7. The van der Waals surface area contributed by atoms with Crippen LogP contribution in [0.1, 0.15) is 25.0 Å². The van der Waals surface area contributed by atoms with Gasteiger partial charge in [0, 0.05) is 59.4 Å². The lowest BCUT2D eigenvalue weighted by atomic mass is 10.0. The fourth-order valence-electron chi connectivity index (χ4n) is 3.32. The van der Waals surface area contributed by atoms with Crippen LogP contribution in [0.4, 0.5) is 0 Å². The van der Waals surface area contributed by atoms with Crippen molar-refractivity contribution in [3.05, 3.63) is 24.2 Å². The molecule has 1 aliphatic heterocycles. The van der Waals surface area contributed by atoms with Crippen LogP contribution in [0.15, 0.2) is 27.8 Å². The quantitative estimate of drug-likeness (QED) is 0.449. The van der Waals surface area contributed by atoms with Crippen molar-refractivity contribution in [2.75, 3.05) is 66.2 Å². The fourth-order valence-corrected chi connectivity index (χ4v) is 3.32. The van der Waals surface area contributed by atoms with E-state index in [1.165, 1.54) is 12.8 Å². The molecule has 2 heterocycles. The molecule has 1 aromatic rings. The molecule has 1 saturated carbocycles. The third-order valence-corrected chi connectivity index (χ3v) is 5.43. The van der Waals surface area contributed by atoms with Crippen molar-refractivity contribution in [1.82, 2.24) is 15.5 Å². The van der Waals surface area contributed by atoms with Crippen LogP contribution in [0.25, 0.3) is 0 Å². The van der Waals surface area contributed by atoms with E-state index in [1.54, 1.807) is 13.4 Å². The van der Waals surface area contributed by atoms with Gasteiger partial charge in [-0.3, -0.25) is 9.89 Å². The normalized spacial score (nSPS) is 19.8. The summed E-state index contributed by atoms with van der Waals surface area (Å²) >= 11 is 0. The van der Waals surface area contributed by atoms with Gasteiger partial charge in [0.1, 0.15) is 5.76 Å². The molecule has 0 bridgehead atoms. The highest BCUT2D eigenvalue weighted by molar-refractivity contribution is 5.79. The third-order valence-electron chi connectivity index (χ3n) is 5.43. The lowest BCUT2D eigenvalue weighted by Gasteiger charge is -2.26.